The topological polar surface area (TPSA) is 92.9 Å². The van der Waals surface area contributed by atoms with Crippen LogP contribution in [0.25, 0.3) is 22.3 Å². The minimum Gasteiger partial charge on any atom is -0.502 e. The number of methoxy groups -OCH3 is 1. The number of hydrogen-bond donors (Lipinski definition) is 2. The second-order valence-corrected chi connectivity index (χ2v) is 7.78. The first kappa shape index (κ1) is 21.4. The van der Waals surface area contributed by atoms with Crippen molar-refractivity contribution in [3.63, 3.8) is 0 Å². The molecule has 0 fully saturated rings. The van der Waals surface area contributed by atoms with E-state index >= 15 is 0 Å². The number of ether oxygens (including phenoxy) is 1. The van der Waals surface area contributed by atoms with E-state index in [0.717, 1.165) is 17.4 Å². The molecular formula is C22H17F2N3O4S. The molecule has 0 aliphatic heterocycles. The molecule has 0 spiro atoms. The van der Waals surface area contributed by atoms with Crippen molar-refractivity contribution >= 4 is 28.3 Å². The zero-order valence-corrected chi connectivity index (χ0v) is 17.6. The van der Waals surface area contributed by atoms with Gasteiger partial charge in [-0.3, -0.25) is 14.0 Å². The molecule has 2 N–H and O–H groups in total. The van der Waals surface area contributed by atoms with Gasteiger partial charge in [0.05, 0.1) is 17.3 Å². The fraction of sp³-hybridized carbons (Fsp3) is 0.136. The fourth-order valence-electron chi connectivity index (χ4n) is 3.11. The molecule has 4 rings (SSSR count). The van der Waals surface area contributed by atoms with Gasteiger partial charge in [0.2, 0.25) is 0 Å². The third-order valence-electron chi connectivity index (χ3n) is 4.70. The van der Waals surface area contributed by atoms with Crippen LogP contribution in [0, 0.1) is 5.82 Å². The number of carbonyl (C=O) groups excluding carboxylic acids is 1. The molecule has 0 saturated heterocycles. The monoisotopic (exact) mass is 457 g/mol. The summed E-state index contributed by atoms with van der Waals surface area (Å²) in [5.41, 5.74) is 1.69. The molecule has 0 bridgehead atoms. The fourth-order valence-corrected chi connectivity index (χ4v) is 4.07. The summed E-state index contributed by atoms with van der Waals surface area (Å²) in [5.74, 6) is -1.85. The number of alkyl halides is 1. The Kier molecular flexibility index (Phi) is 5.87. The van der Waals surface area contributed by atoms with Gasteiger partial charge in [-0.15, -0.1) is 0 Å². The Morgan fingerprint density at radius 1 is 1.31 bits per heavy atom. The number of imidazole rings is 1. The molecule has 32 heavy (non-hydrogen) atoms. The second kappa shape index (κ2) is 8.75. The molecule has 0 saturated carbocycles. The van der Waals surface area contributed by atoms with Gasteiger partial charge in [0.25, 0.3) is 11.5 Å². The Labute approximate surface area is 184 Å². The van der Waals surface area contributed by atoms with E-state index in [2.05, 4.69) is 10.3 Å². The highest BCUT2D eigenvalue weighted by Gasteiger charge is 2.13. The number of phenolic OH excluding ortho intramolecular Hbond substituents is 1. The van der Waals surface area contributed by atoms with Crippen LogP contribution in [0.1, 0.15) is 15.9 Å². The molecule has 2 aromatic heterocycles. The zero-order chi connectivity index (χ0) is 22.8. The van der Waals surface area contributed by atoms with Crippen LogP contribution in [0.5, 0.6) is 11.5 Å². The summed E-state index contributed by atoms with van der Waals surface area (Å²) >= 11 is 1.13. The lowest BCUT2D eigenvalue weighted by Crippen LogP contribution is -2.25. The van der Waals surface area contributed by atoms with Crippen molar-refractivity contribution in [2.75, 3.05) is 20.3 Å². The number of fused-ring (bicyclic) bond motifs is 1. The van der Waals surface area contributed by atoms with E-state index in [1.165, 1.54) is 23.7 Å². The zero-order valence-electron chi connectivity index (χ0n) is 16.8. The lowest BCUT2D eigenvalue weighted by molar-refractivity contribution is 0.0951. The number of aromatic nitrogens is 2. The van der Waals surface area contributed by atoms with Crippen LogP contribution in [0.2, 0.25) is 0 Å². The highest BCUT2D eigenvalue weighted by atomic mass is 32.1. The normalized spacial score (nSPS) is 11.8. The maximum Gasteiger partial charge on any atom is 0.274 e. The SMILES string of the molecule is COc1cc(/C=c2\sc3nc(-c4ccc(C(=O)NCCF)cc4)cn3c2=O)cc(F)c1O. The number of amides is 1. The van der Waals surface area contributed by atoms with Crippen LogP contribution in [0.3, 0.4) is 0 Å². The predicted octanol–water partition coefficient (Wildman–Crippen LogP) is 2.52. The van der Waals surface area contributed by atoms with Crippen molar-refractivity contribution in [3.05, 3.63) is 74.4 Å². The number of thiazole rings is 1. The first-order valence-corrected chi connectivity index (χ1v) is 10.3. The van der Waals surface area contributed by atoms with Gasteiger partial charge in [0.1, 0.15) is 6.67 Å². The molecule has 2 heterocycles. The van der Waals surface area contributed by atoms with Crippen molar-refractivity contribution in [2.24, 2.45) is 0 Å². The van der Waals surface area contributed by atoms with Crippen LogP contribution < -0.4 is 20.1 Å². The highest BCUT2D eigenvalue weighted by molar-refractivity contribution is 7.15. The summed E-state index contributed by atoms with van der Waals surface area (Å²) in [6.07, 6.45) is 3.08. The third-order valence-corrected chi connectivity index (χ3v) is 5.68. The average Bonchev–Trinajstić information content (AvgIpc) is 3.34. The Hall–Kier alpha value is -3.79. The van der Waals surface area contributed by atoms with Crippen molar-refractivity contribution < 1.29 is 23.4 Å². The smallest absolute Gasteiger partial charge is 0.274 e. The molecule has 4 aromatic rings. The molecule has 0 radical (unpaired) electrons. The lowest BCUT2D eigenvalue weighted by Gasteiger charge is -2.04. The van der Waals surface area contributed by atoms with E-state index in [-0.39, 0.29) is 23.8 Å². The number of hydrogen-bond acceptors (Lipinski definition) is 6. The van der Waals surface area contributed by atoms with Crippen LogP contribution in [0.15, 0.2) is 47.4 Å². The molecule has 0 unspecified atom stereocenters. The molecule has 2 aromatic carbocycles. The minimum absolute atomic E-state index is 0.0332. The first-order chi connectivity index (χ1) is 15.4. The number of benzene rings is 2. The molecule has 10 heteroatoms. The molecule has 0 atom stereocenters. The Bertz CT molecular complexity index is 1410. The number of carbonyl (C=O) groups is 1. The summed E-state index contributed by atoms with van der Waals surface area (Å²) in [6.45, 7) is -0.686. The number of nitrogens with zero attached hydrogens (tertiary/aromatic N) is 2. The van der Waals surface area contributed by atoms with Gasteiger partial charge in [-0.05, 0) is 35.9 Å². The average molecular weight is 457 g/mol. The van der Waals surface area contributed by atoms with E-state index in [9.17, 15) is 23.5 Å². The number of aromatic hydroxyl groups is 1. The molecule has 1 amide bonds. The second-order valence-electron chi connectivity index (χ2n) is 6.77. The molecule has 7 nitrogen and oxygen atoms in total. The predicted molar refractivity (Wildman–Crippen MR) is 116 cm³/mol. The minimum atomic E-state index is -0.853. The van der Waals surface area contributed by atoms with E-state index in [1.807, 2.05) is 0 Å². The van der Waals surface area contributed by atoms with Crippen LogP contribution in [-0.2, 0) is 0 Å². The molecular weight excluding hydrogens is 440 g/mol. The van der Waals surface area contributed by atoms with E-state index in [4.69, 9.17) is 4.74 Å². The summed E-state index contributed by atoms with van der Waals surface area (Å²) in [7, 11) is 1.31. The quantitative estimate of drug-likeness (QED) is 0.464. The number of rotatable bonds is 6. The number of nitrogens with one attached hydrogen (secondary N) is 1. The third kappa shape index (κ3) is 4.04. The van der Waals surface area contributed by atoms with Crippen molar-refractivity contribution in [3.8, 4) is 22.8 Å². The number of phenols is 1. The molecule has 0 aliphatic carbocycles. The summed E-state index contributed by atoms with van der Waals surface area (Å²) in [6, 6.07) is 9.12. The highest BCUT2D eigenvalue weighted by Crippen LogP contribution is 2.30. The standard InChI is InChI=1S/C22H17F2N3O4S/c1-31-17-9-12(8-15(24)19(17)28)10-18-21(30)27-11-16(26-22(27)32-18)13-2-4-14(5-3-13)20(29)25-7-6-23/h2-5,8-11,28H,6-7H2,1H3,(H,25,29)/b18-10-. The summed E-state index contributed by atoms with van der Waals surface area (Å²) in [4.78, 5) is 29.6. The van der Waals surface area contributed by atoms with Crippen LogP contribution >= 0.6 is 11.3 Å². The van der Waals surface area contributed by atoms with E-state index < -0.39 is 18.2 Å². The number of halogens is 2. The largest absolute Gasteiger partial charge is 0.502 e. The van der Waals surface area contributed by atoms with Gasteiger partial charge in [-0.2, -0.15) is 0 Å². The van der Waals surface area contributed by atoms with Gasteiger partial charge in [-0.25, -0.2) is 13.8 Å². The molecule has 164 valence electrons. The summed E-state index contributed by atoms with van der Waals surface area (Å²) < 4.78 is 32.7. The molecule has 0 aliphatic rings. The Morgan fingerprint density at radius 2 is 2.06 bits per heavy atom. The van der Waals surface area contributed by atoms with Gasteiger partial charge >= 0.3 is 0 Å². The van der Waals surface area contributed by atoms with Crippen LogP contribution in [-0.4, -0.2) is 40.7 Å². The Balaban J connectivity index is 1.65. The van der Waals surface area contributed by atoms with Gasteiger partial charge in [0.15, 0.2) is 22.3 Å². The van der Waals surface area contributed by atoms with Crippen molar-refractivity contribution in [1.29, 1.82) is 0 Å². The van der Waals surface area contributed by atoms with Gasteiger partial charge in [0, 0.05) is 23.9 Å². The van der Waals surface area contributed by atoms with Gasteiger partial charge < -0.3 is 15.2 Å². The van der Waals surface area contributed by atoms with Crippen LogP contribution in [0.4, 0.5) is 8.78 Å². The Morgan fingerprint density at radius 3 is 2.72 bits per heavy atom. The van der Waals surface area contributed by atoms with Crippen molar-refractivity contribution in [2.45, 2.75) is 0 Å². The lowest BCUT2D eigenvalue weighted by atomic mass is 10.1. The maximum absolute atomic E-state index is 13.9. The van der Waals surface area contributed by atoms with E-state index in [0.29, 0.717) is 31.9 Å². The van der Waals surface area contributed by atoms with Gasteiger partial charge in [-0.1, -0.05) is 23.5 Å². The van der Waals surface area contributed by atoms with Crippen molar-refractivity contribution in [1.82, 2.24) is 14.7 Å². The van der Waals surface area contributed by atoms with E-state index in [1.54, 1.807) is 30.5 Å². The summed E-state index contributed by atoms with van der Waals surface area (Å²) in [5, 5.41) is 12.1. The maximum atomic E-state index is 13.9. The first-order valence-electron chi connectivity index (χ1n) is 9.46.